The Bertz CT molecular complexity index is 640. The van der Waals surface area contributed by atoms with Crippen LogP contribution in [0.4, 0.5) is 0 Å². The van der Waals surface area contributed by atoms with Crippen molar-refractivity contribution in [2.24, 2.45) is 0 Å². The summed E-state index contributed by atoms with van der Waals surface area (Å²) < 4.78 is 10.7. The highest BCUT2D eigenvalue weighted by Gasteiger charge is 2.14. The molecule has 0 aromatic heterocycles. The smallest absolute Gasteiger partial charge is 0.239 e. The van der Waals surface area contributed by atoms with Crippen molar-refractivity contribution in [1.82, 2.24) is 10.2 Å². The fourth-order valence-electron chi connectivity index (χ4n) is 3.02. The molecule has 6 heteroatoms. The Kier molecular flexibility index (Phi) is 8.68. The van der Waals surface area contributed by atoms with E-state index in [2.05, 4.69) is 11.4 Å². The Morgan fingerprint density at radius 3 is 2.52 bits per heavy atom. The third-order valence-electron chi connectivity index (χ3n) is 4.62. The molecule has 1 aliphatic carbocycles. The van der Waals surface area contributed by atoms with Crippen molar-refractivity contribution in [1.29, 1.82) is 0 Å². The number of nitrogens with zero attached hydrogens (tertiary/aromatic N) is 1. The first kappa shape index (κ1) is 20.8. The summed E-state index contributed by atoms with van der Waals surface area (Å²) in [7, 11) is 1.61. The van der Waals surface area contributed by atoms with Gasteiger partial charge < -0.3 is 19.7 Å². The number of benzene rings is 1. The van der Waals surface area contributed by atoms with E-state index in [1.807, 2.05) is 24.3 Å². The van der Waals surface area contributed by atoms with Gasteiger partial charge in [0.25, 0.3) is 0 Å². The molecule has 0 saturated carbocycles. The third-order valence-corrected chi connectivity index (χ3v) is 4.62. The summed E-state index contributed by atoms with van der Waals surface area (Å²) in [5.41, 5.74) is 1.43. The van der Waals surface area contributed by atoms with Gasteiger partial charge in [0, 0.05) is 13.5 Å². The second-order valence-corrected chi connectivity index (χ2v) is 6.67. The lowest BCUT2D eigenvalue weighted by Crippen LogP contribution is -2.41. The summed E-state index contributed by atoms with van der Waals surface area (Å²) in [6.45, 7) is 2.83. The van der Waals surface area contributed by atoms with Crippen LogP contribution in [-0.2, 0) is 9.59 Å². The van der Waals surface area contributed by atoms with E-state index in [1.165, 1.54) is 30.2 Å². The molecule has 1 aromatic rings. The van der Waals surface area contributed by atoms with Gasteiger partial charge in [0.05, 0.1) is 20.2 Å². The first-order valence-corrected chi connectivity index (χ1v) is 9.55. The number of carbonyl (C=O) groups is 2. The standard InChI is InChI=1S/C21H30N2O4/c1-17(24)23(14-15-27-20-10-8-19(26-2)9-11-20)16-21(25)22-13-12-18-6-4-3-5-7-18/h6,8-11H,3-5,7,12-16H2,1-2H3,(H,22,25). The van der Waals surface area contributed by atoms with Gasteiger partial charge in [-0.25, -0.2) is 0 Å². The maximum atomic E-state index is 12.1. The summed E-state index contributed by atoms with van der Waals surface area (Å²) in [6, 6.07) is 7.24. The lowest BCUT2D eigenvalue weighted by Gasteiger charge is -2.21. The monoisotopic (exact) mass is 374 g/mol. The molecule has 0 spiro atoms. The number of hydrogen-bond donors (Lipinski definition) is 1. The molecule has 1 aliphatic rings. The van der Waals surface area contributed by atoms with Crippen LogP contribution in [0.2, 0.25) is 0 Å². The minimum atomic E-state index is -0.140. The molecule has 0 unspecified atom stereocenters. The van der Waals surface area contributed by atoms with E-state index < -0.39 is 0 Å². The van der Waals surface area contributed by atoms with Crippen LogP contribution in [0, 0.1) is 0 Å². The molecule has 6 nitrogen and oxygen atoms in total. The van der Waals surface area contributed by atoms with E-state index >= 15 is 0 Å². The van der Waals surface area contributed by atoms with Crippen LogP contribution in [-0.4, -0.2) is 50.1 Å². The zero-order valence-corrected chi connectivity index (χ0v) is 16.3. The molecule has 2 amide bonds. The maximum Gasteiger partial charge on any atom is 0.239 e. The minimum Gasteiger partial charge on any atom is -0.497 e. The van der Waals surface area contributed by atoms with Crippen molar-refractivity contribution >= 4 is 11.8 Å². The van der Waals surface area contributed by atoms with E-state index in [0.29, 0.717) is 25.4 Å². The fraction of sp³-hybridized carbons (Fsp3) is 0.524. The van der Waals surface area contributed by atoms with Gasteiger partial charge in [-0.15, -0.1) is 0 Å². The molecular weight excluding hydrogens is 344 g/mol. The Morgan fingerprint density at radius 1 is 1.15 bits per heavy atom. The number of hydrogen-bond acceptors (Lipinski definition) is 4. The number of amides is 2. The lowest BCUT2D eigenvalue weighted by molar-refractivity contribution is -0.134. The second-order valence-electron chi connectivity index (χ2n) is 6.67. The SMILES string of the molecule is COc1ccc(OCCN(CC(=O)NCCC2=CCCCC2)C(C)=O)cc1. The van der Waals surface area contributed by atoms with Gasteiger partial charge in [-0.2, -0.15) is 0 Å². The first-order chi connectivity index (χ1) is 13.1. The molecule has 0 radical (unpaired) electrons. The Labute approximate surface area is 161 Å². The summed E-state index contributed by atoms with van der Waals surface area (Å²) in [6.07, 6.45) is 7.97. The van der Waals surface area contributed by atoms with Gasteiger partial charge in [-0.3, -0.25) is 9.59 Å². The topological polar surface area (TPSA) is 67.9 Å². The molecule has 0 atom stereocenters. The molecule has 1 N–H and O–H groups in total. The average molecular weight is 374 g/mol. The molecule has 0 aliphatic heterocycles. The normalized spacial score (nSPS) is 13.5. The molecule has 2 rings (SSSR count). The van der Waals surface area contributed by atoms with Crippen LogP contribution in [0.25, 0.3) is 0 Å². The Balaban J connectivity index is 1.69. The van der Waals surface area contributed by atoms with Crippen molar-refractivity contribution in [3.8, 4) is 11.5 Å². The predicted octanol–water partition coefficient (Wildman–Crippen LogP) is 2.93. The summed E-state index contributed by atoms with van der Waals surface area (Å²) in [4.78, 5) is 25.4. The fourth-order valence-corrected chi connectivity index (χ4v) is 3.02. The largest absolute Gasteiger partial charge is 0.497 e. The van der Waals surface area contributed by atoms with E-state index in [0.717, 1.165) is 25.0 Å². The van der Waals surface area contributed by atoms with E-state index in [9.17, 15) is 9.59 Å². The predicted molar refractivity (Wildman–Crippen MR) is 105 cm³/mol. The zero-order chi connectivity index (χ0) is 19.5. The lowest BCUT2D eigenvalue weighted by atomic mass is 9.97. The number of carbonyl (C=O) groups excluding carboxylic acids is 2. The molecule has 0 heterocycles. The van der Waals surface area contributed by atoms with E-state index in [-0.39, 0.29) is 18.4 Å². The molecule has 0 bridgehead atoms. The quantitative estimate of drug-likeness (QED) is 0.640. The molecule has 1 aromatic carbocycles. The summed E-state index contributed by atoms with van der Waals surface area (Å²) >= 11 is 0. The van der Waals surface area contributed by atoms with E-state index in [1.54, 1.807) is 7.11 Å². The van der Waals surface area contributed by atoms with Gasteiger partial charge in [-0.1, -0.05) is 11.6 Å². The molecule has 0 fully saturated rings. The van der Waals surface area contributed by atoms with Crippen LogP contribution in [0.1, 0.15) is 39.0 Å². The van der Waals surface area contributed by atoms with Gasteiger partial charge in [0.1, 0.15) is 18.1 Å². The number of rotatable bonds is 10. The summed E-state index contributed by atoms with van der Waals surface area (Å²) in [5.74, 6) is 1.18. The van der Waals surface area contributed by atoms with Crippen LogP contribution >= 0.6 is 0 Å². The minimum absolute atomic E-state index is 0.0559. The highest BCUT2D eigenvalue weighted by atomic mass is 16.5. The van der Waals surface area contributed by atoms with Crippen LogP contribution < -0.4 is 14.8 Å². The summed E-state index contributed by atoms with van der Waals surface area (Å²) in [5, 5.41) is 2.91. The number of ether oxygens (including phenoxy) is 2. The Morgan fingerprint density at radius 2 is 1.89 bits per heavy atom. The Hall–Kier alpha value is -2.50. The highest BCUT2D eigenvalue weighted by molar-refractivity contribution is 5.83. The van der Waals surface area contributed by atoms with Crippen LogP contribution in [0.3, 0.4) is 0 Å². The van der Waals surface area contributed by atoms with Crippen molar-refractivity contribution in [2.75, 3.05) is 33.4 Å². The van der Waals surface area contributed by atoms with Crippen LogP contribution in [0.15, 0.2) is 35.9 Å². The van der Waals surface area contributed by atoms with Crippen molar-refractivity contribution in [3.63, 3.8) is 0 Å². The van der Waals surface area contributed by atoms with Crippen molar-refractivity contribution in [3.05, 3.63) is 35.9 Å². The molecule has 27 heavy (non-hydrogen) atoms. The van der Waals surface area contributed by atoms with E-state index in [4.69, 9.17) is 9.47 Å². The zero-order valence-electron chi connectivity index (χ0n) is 16.3. The highest BCUT2D eigenvalue weighted by Crippen LogP contribution is 2.19. The van der Waals surface area contributed by atoms with Crippen molar-refractivity contribution < 1.29 is 19.1 Å². The van der Waals surface area contributed by atoms with Crippen LogP contribution in [0.5, 0.6) is 11.5 Å². The number of nitrogens with one attached hydrogen (secondary N) is 1. The molecule has 0 saturated heterocycles. The third kappa shape index (κ3) is 7.72. The van der Waals surface area contributed by atoms with Gasteiger partial charge in [0.15, 0.2) is 0 Å². The molecular formula is C21H30N2O4. The maximum absolute atomic E-state index is 12.1. The number of allylic oxidation sites excluding steroid dienone is 1. The van der Waals surface area contributed by atoms with Crippen molar-refractivity contribution in [2.45, 2.75) is 39.0 Å². The second kappa shape index (κ2) is 11.3. The molecule has 148 valence electrons. The average Bonchev–Trinajstić information content (AvgIpc) is 2.68. The number of methoxy groups -OCH3 is 1. The first-order valence-electron chi connectivity index (χ1n) is 9.55. The van der Waals surface area contributed by atoms with Gasteiger partial charge in [-0.05, 0) is 56.4 Å². The van der Waals surface area contributed by atoms with Gasteiger partial charge >= 0.3 is 0 Å². The van der Waals surface area contributed by atoms with Gasteiger partial charge in [0.2, 0.25) is 11.8 Å².